The van der Waals surface area contributed by atoms with Crippen molar-refractivity contribution in [1.29, 1.82) is 0 Å². The summed E-state index contributed by atoms with van der Waals surface area (Å²) in [5.41, 5.74) is 1.22. The number of hydrogen-bond acceptors (Lipinski definition) is 1. The molecule has 1 aromatic carbocycles. The molecule has 2 heteroatoms. The topological polar surface area (TPSA) is 12.0 Å². The Morgan fingerprint density at radius 2 is 1.87 bits per heavy atom. The molecule has 0 aliphatic heterocycles. The highest BCUT2D eigenvalue weighted by atomic mass is 19.1. The smallest absolute Gasteiger partial charge is 0.123 e. The van der Waals surface area contributed by atoms with Crippen LogP contribution in [0.25, 0.3) is 0 Å². The summed E-state index contributed by atoms with van der Waals surface area (Å²) in [5, 5.41) is 3.37. The summed E-state index contributed by atoms with van der Waals surface area (Å²) in [4.78, 5) is 0. The van der Waals surface area contributed by atoms with E-state index in [1.165, 1.54) is 24.1 Å². The molecule has 1 N–H and O–H groups in total. The second kappa shape index (κ2) is 6.57. The second-order valence-corrected chi connectivity index (χ2v) is 3.99. The maximum Gasteiger partial charge on any atom is 0.123 e. The van der Waals surface area contributed by atoms with Gasteiger partial charge in [0.2, 0.25) is 0 Å². The fourth-order valence-corrected chi connectivity index (χ4v) is 1.58. The molecule has 0 aliphatic rings. The van der Waals surface area contributed by atoms with Crippen molar-refractivity contribution in [3.63, 3.8) is 0 Å². The van der Waals surface area contributed by atoms with E-state index in [-0.39, 0.29) is 5.82 Å². The Hall–Kier alpha value is -0.890. The van der Waals surface area contributed by atoms with Gasteiger partial charge in [-0.2, -0.15) is 0 Å². The van der Waals surface area contributed by atoms with Crippen molar-refractivity contribution in [3.05, 3.63) is 35.6 Å². The van der Waals surface area contributed by atoms with Crippen LogP contribution in [0.5, 0.6) is 0 Å². The number of halogens is 1. The van der Waals surface area contributed by atoms with Gasteiger partial charge in [0, 0.05) is 0 Å². The Morgan fingerprint density at radius 3 is 2.47 bits per heavy atom. The minimum atomic E-state index is -0.157. The van der Waals surface area contributed by atoms with Crippen molar-refractivity contribution >= 4 is 0 Å². The molecule has 0 aliphatic carbocycles. The van der Waals surface area contributed by atoms with Crippen molar-refractivity contribution in [2.75, 3.05) is 13.1 Å². The van der Waals surface area contributed by atoms with E-state index in [1.54, 1.807) is 0 Å². The number of nitrogens with one attached hydrogen (secondary N) is 1. The van der Waals surface area contributed by atoms with Gasteiger partial charge in [-0.15, -0.1) is 0 Å². The molecule has 0 saturated heterocycles. The van der Waals surface area contributed by atoms with Crippen molar-refractivity contribution in [2.45, 2.75) is 32.6 Å². The summed E-state index contributed by atoms with van der Waals surface area (Å²) in [6, 6.07) is 6.82. The largest absolute Gasteiger partial charge is 0.317 e. The summed E-state index contributed by atoms with van der Waals surface area (Å²) < 4.78 is 12.7. The Morgan fingerprint density at radius 1 is 1.20 bits per heavy atom. The van der Waals surface area contributed by atoms with Crippen LogP contribution in [0.15, 0.2) is 24.3 Å². The van der Waals surface area contributed by atoms with Crippen LogP contribution in [0.1, 0.15) is 38.2 Å². The molecule has 1 nitrogen and oxygen atoms in total. The SMILES string of the molecule is CCCNCCC(C)c1ccc(F)cc1. The molecule has 1 rings (SSSR count). The van der Waals surface area contributed by atoms with E-state index in [2.05, 4.69) is 19.2 Å². The molecule has 1 unspecified atom stereocenters. The van der Waals surface area contributed by atoms with E-state index in [0.717, 1.165) is 19.5 Å². The van der Waals surface area contributed by atoms with E-state index in [4.69, 9.17) is 0 Å². The predicted molar refractivity (Wildman–Crippen MR) is 62.6 cm³/mol. The molecule has 1 atom stereocenters. The fourth-order valence-electron chi connectivity index (χ4n) is 1.58. The zero-order valence-corrected chi connectivity index (χ0v) is 9.59. The van der Waals surface area contributed by atoms with Gasteiger partial charge in [-0.05, 0) is 49.5 Å². The summed E-state index contributed by atoms with van der Waals surface area (Å²) in [5.74, 6) is 0.338. The van der Waals surface area contributed by atoms with E-state index in [9.17, 15) is 4.39 Å². The molecular formula is C13H20FN. The monoisotopic (exact) mass is 209 g/mol. The van der Waals surface area contributed by atoms with Crippen LogP contribution < -0.4 is 5.32 Å². The molecule has 1 aromatic rings. The lowest BCUT2D eigenvalue weighted by molar-refractivity contribution is 0.588. The van der Waals surface area contributed by atoms with Crippen molar-refractivity contribution < 1.29 is 4.39 Å². The van der Waals surface area contributed by atoms with Crippen molar-refractivity contribution in [2.24, 2.45) is 0 Å². The summed E-state index contributed by atoms with van der Waals surface area (Å²) in [6.07, 6.45) is 2.27. The van der Waals surface area contributed by atoms with Gasteiger partial charge < -0.3 is 5.32 Å². The third-order valence-electron chi connectivity index (χ3n) is 2.62. The molecule has 0 amide bonds. The highest BCUT2D eigenvalue weighted by molar-refractivity contribution is 5.19. The molecule has 0 spiro atoms. The first-order valence-corrected chi connectivity index (χ1v) is 5.70. The van der Waals surface area contributed by atoms with E-state index < -0.39 is 0 Å². The Kier molecular flexibility index (Phi) is 5.33. The molecule has 0 fully saturated rings. The van der Waals surface area contributed by atoms with Gasteiger partial charge in [0.1, 0.15) is 5.82 Å². The van der Waals surface area contributed by atoms with Gasteiger partial charge in [0.05, 0.1) is 0 Å². The summed E-state index contributed by atoms with van der Waals surface area (Å²) in [7, 11) is 0. The summed E-state index contributed by atoms with van der Waals surface area (Å²) in [6.45, 7) is 6.46. The Bertz CT molecular complexity index is 268. The van der Waals surface area contributed by atoms with E-state index >= 15 is 0 Å². The maximum atomic E-state index is 12.7. The third kappa shape index (κ3) is 4.43. The molecular weight excluding hydrogens is 189 g/mol. The number of hydrogen-bond donors (Lipinski definition) is 1. The van der Waals surface area contributed by atoms with Gasteiger partial charge in [0.25, 0.3) is 0 Å². The average Bonchev–Trinajstić information content (AvgIpc) is 2.25. The first-order valence-electron chi connectivity index (χ1n) is 5.70. The number of rotatable bonds is 6. The van der Waals surface area contributed by atoms with Gasteiger partial charge >= 0.3 is 0 Å². The first kappa shape index (κ1) is 12.2. The van der Waals surface area contributed by atoms with Crippen molar-refractivity contribution in [3.8, 4) is 0 Å². The van der Waals surface area contributed by atoms with Crippen molar-refractivity contribution in [1.82, 2.24) is 5.32 Å². The van der Waals surface area contributed by atoms with Crippen LogP contribution in [0.3, 0.4) is 0 Å². The second-order valence-electron chi connectivity index (χ2n) is 3.99. The highest BCUT2D eigenvalue weighted by Crippen LogP contribution is 2.18. The van der Waals surface area contributed by atoms with Crippen LogP contribution >= 0.6 is 0 Å². The van der Waals surface area contributed by atoms with Crippen LogP contribution in [-0.2, 0) is 0 Å². The lowest BCUT2D eigenvalue weighted by atomic mass is 9.98. The maximum absolute atomic E-state index is 12.7. The molecule has 15 heavy (non-hydrogen) atoms. The molecule has 0 bridgehead atoms. The minimum absolute atomic E-state index is 0.157. The van der Waals surface area contributed by atoms with Crippen LogP contribution in [0.4, 0.5) is 4.39 Å². The first-order chi connectivity index (χ1) is 7.24. The highest BCUT2D eigenvalue weighted by Gasteiger charge is 2.04. The van der Waals surface area contributed by atoms with Crippen LogP contribution in [0, 0.1) is 5.82 Å². The standard InChI is InChI=1S/C13H20FN/c1-3-9-15-10-8-11(2)12-4-6-13(14)7-5-12/h4-7,11,15H,3,8-10H2,1-2H3. The molecule has 0 heterocycles. The zero-order valence-electron chi connectivity index (χ0n) is 9.59. The van der Waals surface area contributed by atoms with E-state index in [1.807, 2.05) is 12.1 Å². The predicted octanol–water partition coefficient (Wildman–Crippen LogP) is 3.32. The van der Waals surface area contributed by atoms with Gasteiger partial charge in [-0.25, -0.2) is 4.39 Å². The average molecular weight is 209 g/mol. The Balaban J connectivity index is 2.33. The molecule has 0 saturated carbocycles. The third-order valence-corrected chi connectivity index (χ3v) is 2.62. The van der Waals surface area contributed by atoms with Gasteiger partial charge in [-0.3, -0.25) is 0 Å². The molecule has 0 aromatic heterocycles. The Labute approximate surface area is 91.7 Å². The van der Waals surface area contributed by atoms with Crippen LogP contribution in [0.2, 0.25) is 0 Å². The normalized spacial score (nSPS) is 12.7. The van der Waals surface area contributed by atoms with Crippen LogP contribution in [-0.4, -0.2) is 13.1 Å². The molecule has 0 radical (unpaired) electrons. The van der Waals surface area contributed by atoms with E-state index in [0.29, 0.717) is 5.92 Å². The van der Waals surface area contributed by atoms with Gasteiger partial charge in [-0.1, -0.05) is 26.0 Å². The lowest BCUT2D eigenvalue weighted by Gasteiger charge is -2.12. The fraction of sp³-hybridized carbons (Fsp3) is 0.538. The van der Waals surface area contributed by atoms with Gasteiger partial charge in [0.15, 0.2) is 0 Å². The summed E-state index contributed by atoms with van der Waals surface area (Å²) >= 11 is 0. The quantitative estimate of drug-likeness (QED) is 0.709. The number of benzene rings is 1. The molecule has 84 valence electrons. The minimum Gasteiger partial charge on any atom is -0.317 e. The lowest BCUT2D eigenvalue weighted by Crippen LogP contribution is -2.17. The zero-order chi connectivity index (χ0) is 11.1.